The summed E-state index contributed by atoms with van der Waals surface area (Å²) in [7, 11) is 0. The molecule has 0 bridgehead atoms. The number of aromatic hydroxyl groups is 1. The van der Waals surface area contributed by atoms with Gasteiger partial charge in [-0.1, -0.05) is 51.9 Å². The monoisotopic (exact) mass is 318 g/mol. The van der Waals surface area contributed by atoms with Crippen LogP contribution in [0.1, 0.15) is 77.2 Å². The van der Waals surface area contributed by atoms with Gasteiger partial charge in [-0.3, -0.25) is 4.79 Å². The molecule has 23 heavy (non-hydrogen) atoms. The van der Waals surface area contributed by atoms with Crippen molar-refractivity contribution >= 4 is 11.6 Å². The number of carbonyl (C=O) groups excluding carboxylic acids is 1. The zero-order valence-electron chi connectivity index (χ0n) is 14.5. The maximum absolute atomic E-state index is 11.7. The Morgan fingerprint density at radius 2 is 1.57 bits per heavy atom. The largest absolute Gasteiger partial charge is 0.508 e. The zero-order chi connectivity index (χ0) is 16.9. The van der Waals surface area contributed by atoms with Gasteiger partial charge in [0.2, 0.25) is 5.91 Å². The summed E-state index contributed by atoms with van der Waals surface area (Å²) in [4.78, 5) is 11.7. The van der Waals surface area contributed by atoms with Crippen LogP contribution in [0.4, 0.5) is 0 Å². The number of nitrogens with zero attached hydrogens (tertiary/aromatic N) is 1. The van der Waals surface area contributed by atoms with Gasteiger partial charge in [-0.25, -0.2) is 5.43 Å². The van der Waals surface area contributed by atoms with Crippen LogP contribution in [0.25, 0.3) is 0 Å². The quantitative estimate of drug-likeness (QED) is 0.351. The number of amides is 1. The average molecular weight is 318 g/mol. The van der Waals surface area contributed by atoms with Gasteiger partial charge in [0.1, 0.15) is 5.75 Å². The maximum atomic E-state index is 11.7. The molecule has 2 N–H and O–H groups in total. The summed E-state index contributed by atoms with van der Waals surface area (Å²) in [5, 5.41) is 13.4. The van der Waals surface area contributed by atoms with Crippen molar-refractivity contribution in [3.63, 3.8) is 0 Å². The molecule has 1 amide bonds. The predicted octanol–water partition coefficient (Wildman–Crippen LogP) is 4.76. The normalized spacial score (nSPS) is 11.5. The number of benzene rings is 1. The Kier molecular flexibility index (Phi) is 9.76. The van der Waals surface area contributed by atoms with E-state index in [1.165, 1.54) is 38.5 Å². The fourth-order valence-electron chi connectivity index (χ4n) is 2.39. The van der Waals surface area contributed by atoms with Gasteiger partial charge in [-0.2, -0.15) is 5.10 Å². The van der Waals surface area contributed by atoms with Gasteiger partial charge >= 0.3 is 0 Å². The highest BCUT2D eigenvalue weighted by Crippen LogP contribution is 2.11. The van der Waals surface area contributed by atoms with Crippen LogP contribution in [0.5, 0.6) is 5.75 Å². The van der Waals surface area contributed by atoms with Gasteiger partial charge in [-0.05, 0) is 43.2 Å². The number of hydrogen-bond acceptors (Lipinski definition) is 3. The number of hydrogen-bond donors (Lipinski definition) is 2. The van der Waals surface area contributed by atoms with Crippen LogP contribution in [0.3, 0.4) is 0 Å². The zero-order valence-corrected chi connectivity index (χ0v) is 14.5. The maximum Gasteiger partial charge on any atom is 0.240 e. The smallest absolute Gasteiger partial charge is 0.240 e. The first kappa shape index (κ1) is 19.2. The van der Waals surface area contributed by atoms with Crippen LogP contribution < -0.4 is 5.43 Å². The second-order valence-corrected chi connectivity index (χ2v) is 6.00. The first-order chi connectivity index (χ1) is 11.1. The SMILES string of the molecule is CCCCCCCCCCC(=O)N/N=C(\C)c1ccc(O)cc1. The Morgan fingerprint density at radius 1 is 1.00 bits per heavy atom. The summed E-state index contributed by atoms with van der Waals surface area (Å²) in [6.07, 6.45) is 10.3. The minimum Gasteiger partial charge on any atom is -0.508 e. The second-order valence-electron chi connectivity index (χ2n) is 6.00. The molecular formula is C19H30N2O2. The van der Waals surface area contributed by atoms with Crippen molar-refractivity contribution in [2.75, 3.05) is 0 Å². The highest BCUT2D eigenvalue weighted by Gasteiger charge is 2.02. The molecule has 1 aromatic carbocycles. The third-order valence-corrected chi connectivity index (χ3v) is 3.89. The Labute approximate surface area is 140 Å². The lowest BCUT2D eigenvalue weighted by Gasteiger charge is -2.04. The lowest BCUT2D eigenvalue weighted by molar-refractivity contribution is -0.121. The molecule has 0 aliphatic heterocycles. The number of rotatable bonds is 11. The third kappa shape index (κ3) is 9.01. The molecule has 1 rings (SSSR count). The Hall–Kier alpha value is -1.84. The molecule has 0 saturated heterocycles. The van der Waals surface area contributed by atoms with E-state index in [9.17, 15) is 9.90 Å². The summed E-state index contributed by atoms with van der Waals surface area (Å²) < 4.78 is 0. The predicted molar refractivity (Wildman–Crippen MR) is 95.7 cm³/mol. The van der Waals surface area contributed by atoms with Gasteiger partial charge in [0, 0.05) is 6.42 Å². The van der Waals surface area contributed by atoms with Gasteiger partial charge < -0.3 is 5.11 Å². The molecule has 0 heterocycles. The van der Waals surface area contributed by atoms with E-state index in [1.54, 1.807) is 24.3 Å². The molecule has 0 fully saturated rings. The van der Waals surface area contributed by atoms with Crippen molar-refractivity contribution in [2.45, 2.75) is 71.6 Å². The summed E-state index contributed by atoms with van der Waals surface area (Å²) >= 11 is 0. The van der Waals surface area contributed by atoms with Crippen LogP contribution in [-0.2, 0) is 4.79 Å². The van der Waals surface area contributed by atoms with Crippen LogP contribution in [-0.4, -0.2) is 16.7 Å². The van der Waals surface area contributed by atoms with Crippen molar-refractivity contribution in [2.24, 2.45) is 5.10 Å². The Morgan fingerprint density at radius 3 is 2.17 bits per heavy atom. The third-order valence-electron chi connectivity index (χ3n) is 3.89. The minimum atomic E-state index is -0.0332. The van der Waals surface area contributed by atoms with Gasteiger partial charge in [0.25, 0.3) is 0 Å². The molecule has 1 aromatic rings. The lowest BCUT2D eigenvalue weighted by Crippen LogP contribution is -2.18. The average Bonchev–Trinajstić information content (AvgIpc) is 2.55. The summed E-state index contributed by atoms with van der Waals surface area (Å²) in [6.45, 7) is 4.06. The molecule has 0 spiro atoms. The molecule has 0 unspecified atom stereocenters. The fourth-order valence-corrected chi connectivity index (χ4v) is 2.39. The molecule has 0 saturated carbocycles. The molecule has 0 aliphatic rings. The Bertz CT molecular complexity index is 481. The van der Waals surface area contributed by atoms with Gasteiger partial charge in [-0.15, -0.1) is 0 Å². The number of phenolic OH excluding ortho intramolecular Hbond substituents is 1. The van der Waals surface area contributed by atoms with E-state index < -0.39 is 0 Å². The second kappa shape index (κ2) is 11.7. The summed E-state index contributed by atoms with van der Waals surface area (Å²) in [5.74, 6) is 0.189. The Balaban J connectivity index is 2.14. The first-order valence-corrected chi connectivity index (χ1v) is 8.76. The van der Waals surface area contributed by atoms with Crippen molar-refractivity contribution in [3.05, 3.63) is 29.8 Å². The van der Waals surface area contributed by atoms with E-state index >= 15 is 0 Å². The minimum absolute atomic E-state index is 0.0332. The molecule has 0 aromatic heterocycles. The highest BCUT2D eigenvalue weighted by molar-refractivity contribution is 5.99. The number of hydrazone groups is 1. The van der Waals surface area contributed by atoms with Gasteiger partial charge in [0.05, 0.1) is 5.71 Å². The van der Waals surface area contributed by atoms with Crippen molar-refractivity contribution in [1.29, 1.82) is 0 Å². The van der Waals surface area contributed by atoms with Crippen molar-refractivity contribution in [1.82, 2.24) is 5.43 Å². The number of unbranched alkanes of at least 4 members (excludes halogenated alkanes) is 7. The number of phenols is 1. The van der Waals surface area contributed by atoms with Crippen LogP contribution >= 0.6 is 0 Å². The molecule has 0 atom stereocenters. The molecular weight excluding hydrogens is 288 g/mol. The fraction of sp³-hybridized carbons (Fsp3) is 0.579. The molecule has 0 aliphatic carbocycles. The molecule has 128 valence electrons. The first-order valence-electron chi connectivity index (χ1n) is 8.76. The number of nitrogens with one attached hydrogen (secondary N) is 1. The lowest BCUT2D eigenvalue weighted by atomic mass is 10.1. The standard InChI is InChI=1S/C19H30N2O2/c1-3-4-5-6-7-8-9-10-11-19(23)21-20-16(2)17-12-14-18(22)15-13-17/h12-15,22H,3-11H2,1-2H3,(H,21,23)/b20-16+. The van der Waals surface area contributed by atoms with Crippen LogP contribution in [0.2, 0.25) is 0 Å². The van der Waals surface area contributed by atoms with E-state index in [4.69, 9.17) is 0 Å². The van der Waals surface area contributed by atoms with Crippen LogP contribution in [0, 0.1) is 0 Å². The van der Waals surface area contributed by atoms with Crippen molar-refractivity contribution < 1.29 is 9.90 Å². The summed E-state index contributed by atoms with van der Waals surface area (Å²) in [6, 6.07) is 6.77. The number of carbonyl (C=O) groups is 1. The highest BCUT2D eigenvalue weighted by atomic mass is 16.3. The van der Waals surface area contributed by atoms with Crippen LogP contribution in [0.15, 0.2) is 29.4 Å². The van der Waals surface area contributed by atoms with E-state index in [1.807, 2.05) is 6.92 Å². The summed E-state index contributed by atoms with van der Waals surface area (Å²) in [5.41, 5.74) is 4.22. The van der Waals surface area contributed by atoms with E-state index in [0.29, 0.717) is 6.42 Å². The topological polar surface area (TPSA) is 61.7 Å². The molecule has 4 heteroatoms. The van der Waals surface area contributed by atoms with E-state index in [-0.39, 0.29) is 11.7 Å². The molecule has 4 nitrogen and oxygen atoms in total. The molecule has 0 radical (unpaired) electrons. The van der Waals surface area contributed by atoms with Crippen molar-refractivity contribution in [3.8, 4) is 5.75 Å². The van der Waals surface area contributed by atoms with E-state index in [2.05, 4.69) is 17.5 Å². The van der Waals surface area contributed by atoms with E-state index in [0.717, 1.165) is 24.1 Å². The van der Waals surface area contributed by atoms with Gasteiger partial charge in [0.15, 0.2) is 0 Å².